The van der Waals surface area contributed by atoms with Crippen molar-refractivity contribution in [1.29, 1.82) is 0 Å². The Morgan fingerprint density at radius 1 is 1.12 bits per heavy atom. The topological polar surface area (TPSA) is 75.1 Å². The Hall–Kier alpha value is -2.30. The highest BCUT2D eigenvalue weighted by atomic mass is 35.5. The minimum absolute atomic E-state index is 0. The SMILES string of the molecule is CC(C)(Sc1nc(CCNc2ccc(-c3ccc(C(F)(F)F)cc3)cn2)cs1)C(=O)O.Cl. The van der Waals surface area contributed by atoms with Crippen LogP contribution in [0.2, 0.25) is 0 Å². The molecule has 32 heavy (non-hydrogen) atoms. The highest BCUT2D eigenvalue weighted by Gasteiger charge is 2.30. The summed E-state index contributed by atoms with van der Waals surface area (Å²) in [7, 11) is 0. The Kier molecular flexibility index (Phi) is 8.55. The Morgan fingerprint density at radius 3 is 2.34 bits per heavy atom. The number of carbonyl (C=O) groups is 1. The maximum atomic E-state index is 12.7. The Labute approximate surface area is 197 Å². The van der Waals surface area contributed by atoms with Gasteiger partial charge in [0.25, 0.3) is 0 Å². The molecular formula is C21H21ClF3N3O2S2. The molecule has 1 aromatic carbocycles. The minimum atomic E-state index is -4.35. The van der Waals surface area contributed by atoms with Crippen molar-refractivity contribution in [2.24, 2.45) is 0 Å². The van der Waals surface area contributed by atoms with E-state index in [1.54, 1.807) is 32.2 Å². The van der Waals surface area contributed by atoms with Crippen molar-refractivity contribution in [1.82, 2.24) is 9.97 Å². The molecule has 0 bridgehead atoms. The van der Waals surface area contributed by atoms with Crippen LogP contribution in [0.3, 0.4) is 0 Å². The van der Waals surface area contributed by atoms with Gasteiger partial charge in [0, 0.05) is 30.1 Å². The zero-order chi connectivity index (χ0) is 22.6. The summed E-state index contributed by atoms with van der Waals surface area (Å²) in [5, 5.41) is 14.3. The summed E-state index contributed by atoms with van der Waals surface area (Å²) in [6, 6.07) is 8.53. The van der Waals surface area contributed by atoms with Crippen LogP contribution in [0.1, 0.15) is 25.1 Å². The summed E-state index contributed by atoms with van der Waals surface area (Å²) in [5.41, 5.74) is 1.56. The Morgan fingerprint density at radius 2 is 1.78 bits per heavy atom. The van der Waals surface area contributed by atoms with Gasteiger partial charge in [-0.2, -0.15) is 13.2 Å². The van der Waals surface area contributed by atoms with Crippen LogP contribution in [0.4, 0.5) is 19.0 Å². The number of thioether (sulfide) groups is 1. The Balaban J connectivity index is 0.00000363. The fourth-order valence-corrected chi connectivity index (χ4v) is 4.78. The smallest absolute Gasteiger partial charge is 0.416 e. The van der Waals surface area contributed by atoms with Crippen molar-refractivity contribution in [2.45, 2.75) is 35.5 Å². The van der Waals surface area contributed by atoms with Gasteiger partial charge in [0.2, 0.25) is 0 Å². The molecule has 0 atom stereocenters. The number of alkyl halides is 3. The number of halogens is 4. The molecule has 3 aromatic rings. The molecule has 5 nitrogen and oxygen atoms in total. The molecule has 0 aliphatic heterocycles. The third kappa shape index (κ3) is 6.85. The van der Waals surface area contributed by atoms with Crippen molar-refractivity contribution in [2.75, 3.05) is 11.9 Å². The number of aromatic nitrogens is 2. The summed E-state index contributed by atoms with van der Waals surface area (Å²) in [4.78, 5) is 20.0. The van der Waals surface area contributed by atoms with Crippen LogP contribution in [-0.4, -0.2) is 32.3 Å². The van der Waals surface area contributed by atoms with Gasteiger partial charge in [-0.05, 0) is 43.7 Å². The lowest BCUT2D eigenvalue weighted by Gasteiger charge is -2.15. The van der Waals surface area contributed by atoms with E-state index in [1.165, 1.54) is 35.2 Å². The summed E-state index contributed by atoms with van der Waals surface area (Å²) in [6.07, 6.45) is -2.10. The average Bonchev–Trinajstić information content (AvgIpc) is 3.14. The first-order valence-electron chi connectivity index (χ1n) is 9.29. The van der Waals surface area contributed by atoms with Gasteiger partial charge in [-0.15, -0.1) is 23.7 Å². The third-order valence-electron chi connectivity index (χ3n) is 4.38. The van der Waals surface area contributed by atoms with Crippen LogP contribution in [0.25, 0.3) is 11.1 Å². The number of carboxylic acids is 1. The van der Waals surface area contributed by atoms with Crippen molar-refractivity contribution in [3.05, 3.63) is 59.2 Å². The lowest BCUT2D eigenvalue weighted by Crippen LogP contribution is -2.26. The average molecular weight is 504 g/mol. The quantitative estimate of drug-likeness (QED) is 0.354. The molecule has 0 fully saturated rings. The molecule has 0 aliphatic rings. The predicted molar refractivity (Wildman–Crippen MR) is 124 cm³/mol. The van der Waals surface area contributed by atoms with Crippen LogP contribution in [0.15, 0.2) is 52.3 Å². The number of thiazole rings is 1. The van der Waals surface area contributed by atoms with E-state index in [4.69, 9.17) is 0 Å². The number of pyridine rings is 1. The normalized spacial score (nSPS) is 11.7. The summed E-state index contributed by atoms with van der Waals surface area (Å²) in [6.45, 7) is 3.87. The molecule has 0 unspecified atom stereocenters. The molecule has 2 heterocycles. The molecule has 3 rings (SSSR count). The van der Waals surface area contributed by atoms with Crippen LogP contribution in [0, 0.1) is 0 Å². The third-order valence-corrected chi connectivity index (χ3v) is 6.56. The second-order valence-electron chi connectivity index (χ2n) is 7.21. The van der Waals surface area contributed by atoms with Crippen molar-refractivity contribution < 1.29 is 23.1 Å². The van der Waals surface area contributed by atoms with Crippen molar-refractivity contribution in [3.63, 3.8) is 0 Å². The van der Waals surface area contributed by atoms with E-state index in [0.29, 0.717) is 28.7 Å². The van der Waals surface area contributed by atoms with Gasteiger partial charge in [0.15, 0.2) is 4.34 Å². The highest BCUT2D eigenvalue weighted by Crippen LogP contribution is 2.35. The number of carboxylic acid groups (broad SMARTS) is 1. The number of hydrogen-bond donors (Lipinski definition) is 2. The maximum absolute atomic E-state index is 12.7. The zero-order valence-corrected chi connectivity index (χ0v) is 19.6. The van der Waals surface area contributed by atoms with Gasteiger partial charge in [0.05, 0.1) is 11.3 Å². The fourth-order valence-electron chi connectivity index (χ4n) is 2.55. The molecule has 0 spiro atoms. The van der Waals surface area contributed by atoms with Gasteiger partial charge < -0.3 is 10.4 Å². The maximum Gasteiger partial charge on any atom is 0.416 e. The van der Waals surface area contributed by atoms with Crippen LogP contribution >= 0.6 is 35.5 Å². The van der Waals surface area contributed by atoms with E-state index in [0.717, 1.165) is 23.4 Å². The van der Waals surface area contributed by atoms with Gasteiger partial charge in [-0.25, -0.2) is 9.97 Å². The van der Waals surface area contributed by atoms with E-state index in [1.807, 2.05) is 5.38 Å². The molecule has 0 saturated carbocycles. The number of aliphatic carboxylic acids is 1. The standard InChI is InChI=1S/C21H20F3N3O2S2.ClH/c1-20(2,18(28)29)31-19-27-16(12-30-19)9-10-25-17-8-5-14(11-26-17)13-3-6-15(7-4-13)21(22,23)24;/h3-8,11-12H,9-10H2,1-2H3,(H,25,26)(H,28,29);1H. The van der Waals surface area contributed by atoms with Crippen LogP contribution < -0.4 is 5.32 Å². The monoisotopic (exact) mass is 503 g/mol. The lowest BCUT2D eigenvalue weighted by atomic mass is 10.1. The number of benzene rings is 1. The molecule has 0 radical (unpaired) electrons. The highest BCUT2D eigenvalue weighted by molar-refractivity contribution is 8.02. The Bertz CT molecular complexity index is 1040. The van der Waals surface area contributed by atoms with E-state index < -0.39 is 22.5 Å². The molecule has 2 aromatic heterocycles. The van der Waals surface area contributed by atoms with Gasteiger partial charge in [0.1, 0.15) is 10.6 Å². The molecule has 0 saturated heterocycles. The number of nitrogens with one attached hydrogen (secondary N) is 1. The van der Waals surface area contributed by atoms with Crippen LogP contribution in [0.5, 0.6) is 0 Å². The number of anilines is 1. The first kappa shape index (κ1) is 26.0. The molecule has 0 amide bonds. The molecule has 11 heteroatoms. The summed E-state index contributed by atoms with van der Waals surface area (Å²) < 4.78 is 37.8. The molecule has 2 N–H and O–H groups in total. The van der Waals surface area contributed by atoms with Crippen LogP contribution in [-0.2, 0) is 17.4 Å². The summed E-state index contributed by atoms with van der Waals surface area (Å²) in [5.74, 6) is -0.241. The molecule has 0 aliphatic carbocycles. The van der Waals surface area contributed by atoms with E-state index in [2.05, 4.69) is 15.3 Å². The summed E-state index contributed by atoms with van der Waals surface area (Å²) >= 11 is 2.64. The van der Waals surface area contributed by atoms with E-state index >= 15 is 0 Å². The molecular weight excluding hydrogens is 483 g/mol. The second kappa shape index (κ2) is 10.5. The minimum Gasteiger partial charge on any atom is -0.480 e. The lowest BCUT2D eigenvalue weighted by molar-refractivity contribution is -0.139. The van der Waals surface area contributed by atoms with Gasteiger partial charge in [-0.3, -0.25) is 4.79 Å². The molecule has 172 valence electrons. The second-order valence-corrected chi connectivity index (χ2v) is 9.93. The first-order chi connectivity index (χ1) is 14.5. The number of nitrogens with zero attached hydrogens (tertiary/aromatic N) is 2. The van der Waals surface area contributed by atoms with Gasteiger partial charge in [-0.1, -0.05) is 23.9 Å². The largest absolute Gasteiger partial charge is 0.480 e. The zero-order valence-electron chi connectivity index (χ0n) is 17.1. The first-order valence-corrected chi connectivity index (χ1v) is 11.0. The van der Waals surface area contributed by atoms with E-state index in [9.17, 15) is 23.1 Å². The van der Waals surface area contributed by atoms with Crippen molar-refractivity contribution >= 4 is 47.3 Å². The van der Waals surface area contributed by atoms with Gasteiger partial charge >= 0.3 is 12.1 Å². The van der Waals surface area contributed by atoms with Crippen molar-refractivity contribution in [3.8, 4) is 11.1 Å². The number of hydrogen-bond acceptors (Lipinski definition) is 6. The fraction of sp³-hybridized carbons (Fsp3) is 0.286. The predicted octanol–water partition coefficient (Wildman–Crippen LogP) is 6.26. The van der Waals surface area contributed by atoms with E-state index in [-0.39, 0.29) is 12.4 Å². The number of rotatable bonds is 8.